The number of fused-ring (bicyclic) bond motifs is 1. The van der Waals surface area contributed by atoms with Gasteiger partial charge in [0.15, 0.2) is 0 Å². The first-order chi connectivity index (χ1) is 6.86. The first kappa shape index (κ1) is 8.93. The molecule has 2 fully saturated rings. The largest absolute Gasteiger partial charge is 0.381 e. The molecule has 3 aliphatic rings. The van der Waals surface area contributed by atoms with Crippen LogP contribution in [0, 0.1) is 11.8 Å². The molecule has 0 saturated heterocycles. The van der Waals surface area contributed by atoms with Crippen LogP contribution >= 0.6 is 0 Å². The molecule has 0 radical (unpaired) electrons. The van der Waals surface area contributed by atoms with Gasteiger partial charge in [0.25, 0.3) is 0 Å². The van der Waals surface area contributed by atoms with Gasteiger partial charge in [-0.3, -0.25) is 0 Å². The van der Waals surface area contributed by atoms with Gasteiger partial charge in [-0.2, -0.15) is 0 Å². The van der Waals surface area contributed by atoms with E-state index in [2.05, 4.69) is 17.5 Å². The van der Waals surface area contributed by atoms with E-state index in [-0.39, 0.29) is 0 Å². The fourth-order valence-electron chi connectivity index (χ4n) is 3.10. The SMILES string of the molecule is COC1CC(NC2CC3CC=CC32)C1. The number of methoxy groups -OCH3 is 1. The Morgan fingerprint density at radius 3 is 2.86 bits per heavy atom. The van der Waals surface area contributed by atoms with E-state index < -0.39 is 0 Å². The van der Waals surface area contributed by atoms with Crippen LogP contribution in [0.25, 0.3) is 0 Å². The van der Waals surface area contributed by atoms with Crippen LogP contribution in [0.1, 0.15) is 25.7 Å². The van der Waals surface area contributed by atoms with Crippen molar-refractivity contribution in [2.45, 2.75) is 43.9 Å². The van der Waals surface area contributed by atoms with Crippen molar-refractivity contribution < 1.29 is 4.74 Å². The summed E-state index contributed by atoms with van der Waals surface area (Å²) in [5.41, 5.74) is 0. The summed E-state index contributed by atoms with van der Waals surface area (Å²) in [6, 6.07) is 1.52. The van der Waals surface area contributed by atoms with Gasteiger partial charge in [0.2, 0.25) is 0 Å². The standard InChI is InChI=1S/C12H19NO/c1-14-10-6-9(7-10)13-12-5-8-3-2-4-11(8)12/h2,4,8-13H,3,5-7H2,1H3. The van der Waals surface area contributed by atoms with Crippen LogP contribution in [0.3, 0.4) is 0 Å². The topological polar surface area (TPSA) is 21.3 Å². The Kier molecular flexibility index (Phi) is 2.14. The number of allylic oxidation sites excluding steroid dienone is 1. The van der Waals surface area contributed by atoms with Gasteiger partial charge >= 0.3 is 0 Å². The van der Waals surface area contributed by atoms with Crippen LogP contribution in [0.4, 0.5) is 0 Å². The Bertz CT molecular complexity index is 245. The summed E-state index contributed by atoms with van der Waals surface area (Å²) in [7, 11) is 1.82. The molecule has 3 aliphatic carbocycles. The monoisotopic (exact) mass is 193 g/mol. The average molecular weight is 193 g/mol. The highest BCUT2D eigenvalue weighted by molar-refractivity contribution is 5.13. The van der Waals surface area contributed by atoms with Gasteiger partial charge in [0.1, 0.15) is 0 Å². The maximum atomic E-state index is 5.28. The van der Waals surface area contributed by atoms with Crippen molar-refractivity contribution in [2.24, 2.45) is 11.8 Å². The summed E-state index contributed by atoms with van der Waals surface area (Å²) in [5, 5.41) is 3.76. The lowest BCUT2D eigenvalue weighted by Crippen LogP contribution is -2.56. The van der Waals surface area contributed by atoms with E-state index in [0.29, 0.717) is 6.10 Å². The molecule has 0 amide bonds. The maximum Gasteiger partial charge on any atom is 0.0601 e. The van der Waals surface area contributed by atoms with Gasteiger partial charge in [-0.25, -0.2) is 0 Å². The zero-order chi connectivity index (χ0) is 9.54. The molecule has 3 unspecified atom stereocenters. The van der Waals surface area contributed by atoms with E-state index in [1.807, 2.05) is 7.11 Å². The third-order valence-corrected chi connectivity index (χ3v) is 4.24. The fraction of sp³-hybridized carbons (Fsp3) is 0.833. The molecule has 0 aromatic heterocycles. The average Bonchev–Trinajstić information content (AvgIpc) is 2.45. The molecule has 0 spiro atoms. The first-order valence-electron chi connectivity index (χ1n) is 5.82. The van der Waals surface area contributed by atoms with E-state index in [9.17, 15) is 0 Å². The molecule has 78 valence electrons. The summed E-state index contributed by atoms with van der Waals surface area (Å²) < 4.78 is 5.28. The van der Waals surface area contributed by atoms with Crippen LogP contribution in [-0.2, 0) is 4.74 Å². The normalized spacial score (nSPS) is 49.6. The molecule has 0 aromatic carbocycles. The second-order valence-corrected chi connectivity index (χ2v) is 5.04. The molecule has 1 N–H and O–H groups in total. The van der Waals surface area contributed by atoms with E-state index in [1.165, 1.54) is 25.7 Å². The summed E-state index contributed by atoms with van der Waals surface area (Å²) in [5.74, 6) is 1.84. The number of ether oxygens (including phenoxy) is 1. The van der Waals surface area contributed by atoms with Gasteiger partial charge in [0.05, 0.1) is 6.10 Å². The fourth-order valence-corrected chi connectivity index (χ4v) is 3.10. The lowest BCUT2D eigenvalue weighted by molar-refractivity contribution is 0.00336. The van der Waals surface area contributed by atoms with E-state index in [4.69, 9.17) is 4.74 Å². The minimum atomic E-state index is 0.530. The van der Waals surface area contributed by atoms with Crippen LogP contribution in [0.5, 0.6) is 0 Å². The molecule has 0 heterocycles. The molecule has 2 nitrogen and oxygen atoms in total. The van der Waals surface area contributed by atoms with Crippen molar-refractivity contribution in [3.8, 4) is 0 Å². The zero-order valence-corrected chi connectivity index (χ0v) is 8.78. The van der Waals surface area contributed by atoms with E-state index in [1.54, 1.807) is 0 Å². The van der Waals surface area contributed by atoms with Crippen molar-refractivity contribution >= 4 is 0 Å². The molecule has 0 aliphatic heterocycles. The van der Waals surface area contributed by atoms with Crippen LogP contribution < -0.4 is 5.32 Å². The van der Waals surface area contributed by atoms with Crippen LogP contribution in [0.2, 0.25) is 0 Å². The molecule has 3 rings (SSSR count). The van der Waals surface area contributed by atoms with Gasteiger partial charge in [-0.15, -0.1) is 0 Å². The molecule has 14 heavy (non-hydrogen) atoms. The highest BCUT2D eigenvalue weighted by Crippen LogP contribution is 2.43. The lowest BCUT2D eigenvalue weighted by Gasteiger charge is -2.46. The van der Waals surface area contributed by atoms with Gasteiger partial charge in [0, 0.05) is 19.2 Å². The van der Waals surface area contributed by atoms with Crippen LogP contribution in [0.15, 0.2) is 12.2 Å². The van der Waals surface area contributed by atoms with Gasteiger partial charge in [-0.1, -0.05) is 12.2 Å². The molecule has 0 bridgehead atoms. The molecular weight excluding hydrogens is 174 g/mol. The minimum Gasteiger partial charge on any atom is -0.381 e. The van der Waals surface area contributed by atoms with E-state index in [0.717, 1.165) is 23.9 Å². The zero-order valence-electron chi connectivity index (χ0n) is 8.78. The molecular formula is C12H19NO. The first-order valence-corrected chi connectivity index (χ1v) is 5.82. The Morgan fingerprint density at radius 2 is 2.14 bits per heavy atom. The molecule has 3 atom stereocenters. The van der Waals surface area contributed by atoms with Crippen molar-refractivity contribution in [3.63, 3.8) is 0 Å². The number of hydrogen-bond acceptors (Lipinski definition) is 2. The van der Waals surface area contributed by atoms with Crippen molar-refractivity contribution in [1.29, 1.82) is 0 Å². The summed E-state index contributed by atoms with van der Waals surface area (Å²) >= 11 is 0. The van der Waals surface area contributed by atoms with Gasteiger partial charge in [-0.05, 0) is 37.5 Å². The van der Waals surface area contributed by atoms with E-state index >= 15 is 0 Å². The smallest absolute Gasteiger partial charge is 0.0601 e. The Morgan fingerprint density at radius 1 is 1.29 bits per heavy atom. The summed E-state index contributed by atoms with van der Waals surface area (Å²) in [6.07, 6.45) is 10.5. The number of rotatable bonds is 3. The Hall–Kier alpha value is -0.340. The Balaban J connectivity index is 1.44. The Labute approximate surface area is 85.7 Å². The van der Waals surface area contributed by atoms with Crippen molar-refractivity contribution in [2.75, 3.05) is 7.11 Å². The third-order valence-electron chi connectivity index (χ3n) is 4.24. The van der Waals surface area contributed by atoms with Crippen LogP contribution in [-0.4, -0.2) is 25.3 Å². The number of hydrogen-bond donors (Lipinski definition) is 1. The second kappa shape index (κ2) is 3.35. The number of nitrogens with one attached hydrogen (secondary N) is 1. The highest BCUT2D eigenvalue weighted by Gasteiger charge is 2.43. The maximum absolute atomic E-state index is 5.28. The predicted molar refractivity (Wildman–Crippen MR) is 56.1 cm³/mol. The predicted octanol–water partition coefficient (Wildman–Crippen LogP) is 1.72. The van der Waals surface area contributed by atoms with Crippen molar-refractivity contribution in [1.82, 2.24) is 5.32 Å². The molecule has 0 aromatic rings. The summed E-state index contributed by atoms with van der Waals surface area (Å²) in [4.78, 5) is 0. The molecule has 2 saturated carbocycles. The van der Waals surface area contributed by atoms with Gasteiger partial charge < -0.3 is 10.1 Å². The third kappa shape index (κ3) is 1.32. The lowest BCUT2D eigenvalue weighted by atomic mass is 9.70. The quantitative estimate of drug-likeness (QED) is 0.689. The highest BCUT2D eigenvalue weighted by atomic mass is 16.5. The van der Waals surface area contributed by atoms with Crippen molar-refractivity contribution in [3.05, 3.63) is 12.2 Å². The minimum absolute atomic E-state index is 0.530. The summed E-state index contributed by atoms with van der Waals surface area (Å²) in [6.45, 7) is 0. The second-order valence-electron chi connectivity index (χ2n) is 5.04. The molecule has 2 heteroatoms.